The molecule has 19 heavy (non-hydrogen) atoms. The summed E-state index contributed by atoms with van der Waals surface area (Å²) >= 11 is 0. The molecule has 2 aromatic rings. The molecular formula is C16H22N2O. The predicted molar refractivity (Wildman–Crippen MR) is 79.0 cm³/mol. The van der Waals surface area contributed by atoms with Crippen molar-refractivity contribution in [2.24, 2.45) is 0 Å². The Hall–Kier alpha value is -1.48. The Morgan fingerprint density at radius 1 is 1.26 bits per heavy atom. The molecule has 1 aromatic carbocycles. The fourth-order valence-electron chi connectivity index (χ4n) is 3.20. The lowest BCUT2D eigenvalue weighted by Gasteiger charge is -2.42. The van der Waals surface area contributed by atoms with E-state index < -0.39 is 0 Å². The van der Waals surface area contributed by atoms with E-state index in [0.717, 1.165) is 5.75 Å². The van der Waals surface area contributed by atoms with Gasteiger partial charge in [-0.1, -0.05) is 0 Å². The molecule has 2 unspecified atom stereocenters. The van der Waals surface area contributed by atoms with Crippen molar-refractivity contribution in [3.05, 3.63) is 30.0 Å². The molecule has 0 spiro atoms. The van der Waals surface area contributed by atoms with Crippen LogP contribution in [-0.4, -0.2) is 36.7 Å². The molecule has 1 aliphatic carbocycles. The first-order chi connectivity index (χ1) is 9.11. The Bertz CT molecular complexity index is 600. The molecule has 102 valence electrons. The van der Waals surface area contributed by atoms with Gasteiger partial charge in [0.05, 0.1) is 12.6 Å². The van der Waals surface area contributed by atoms with Crippen LogP contribution in [0.5, 0.6) is 5.75 Å². The van der Waals surface area contributed by atoms with Crippen molar-refractivity contribution < 1.29 is 4.74 Å². The summed E-state index contributed by atoms with van der Waals surface area (Å²) < 4.78 is 7.88. The van der Waals surface area contributed by atoms with E-state index in [1.54, 1.807) is 7.11 Å². The maximum Gasteiger partial charge on any atom is 0.123 e. The lowest BCUT2D eigenvalue weighted by atomic mass is 9.85. The van der Waals surface area contributed by atoms with E-state index in [4.69, 9.17) is 4.74 Å². The third-order valence-corrected chi connectivity index (χ3v) is 4.46. The average Bonchev–Trinajstić information content (AvgIpc) is 2.69. The molecule has 0 N–H and O–H groups in total. The first kappa shape index (κ1) is 12.5. The second-order valence-corrected chi connectivity index (χ2v) is 5.78. The highest BCUT2D eigenvalue weighted by molar-refractivity contribution is 5.83. The lowest BCUT2D eigenvalue weighted by molar-refractivity contribution is 0.116. The molecule has 2 atom stereocenters. The molecule has 1 aromatic heterocycles. The first-order valence-corrected chi connectivity index (χ1v) is 6.93. The Morgan fingerprint density at radius 3 is 2.63 bits per heavy atom. The second-order valence-electron chi connectivity index (χ2n) is 5.78. The van der Waals surface area contributed by atoms with Gasteiger partial charge in [0.15, 0.2) is 0 Å². The number of hydrogen-bond acceptors (Lipinski definition) is 2. The monoisotopic (exact) mass is 258 g/mol. The topological polar surface area (TPSA) is 17.4 Å². The maximum absolute atomic E-state index is 5.46. The van der Waals surface area contributed by atoms with E-state index in [0.29, 0.717) is 12.1 Å². The normalized spacial score (nSPS) is 22.8. The summed E-state index contributed by atoms with van der Waals surface area (Å²) in [5, 5.41) is 1.31. The van der Waals surface area contributed by atoms with Crippen molar-refractivity contribution in [2.75, 3.05) is 21.2 Å². The molecule has 0 bridgehead atoms. The third kappa shape index (κ3) is 1.93. The number of likely N-dealkylation sites (N-methyl/N-ethyl adjacent to an activating group) is 1. The van der Waals surface area contributed by atoms with Crippen molar-refractivity contribution in [3.63, 3.8) is 0 Å². The Labute approximate surface area is 114 Å². The summed E-state index contributed by atoms with van der Waals surface area (Å²) in [5.74, 6) is 0.980. The summed E-state index contributed by atoms with van der Waals surface area (Å²) in [4.78, 5) is 2.34. The molecule has 1 saturated carbocycles. The van der Waals surface area contributed by atoms with Gasteiger partial charge in [0.2, 0.25) is 0 Å². The van der Waals surface area contributed by atoms with Crippen molar-refractivity contribution in [1.82, 2.24) is 9.47 Å². The van der Waals surface area contributed by atoms with Crippen LogP contribution in [0.25, 0.3) is 10.9 Å². The van der Waals surface area contributed by atoms with Gasteiger partial charge in [-0.25, -0.2) is 0 Å². The standard InChI is InChI=1S/C16H22N2O/c1-11-9-12-7-8-18(15(12)10-16(11)19-4)14-6-5-13(14)17(2)3/h7-10,13-14H,5-6H2,1-4H3. The highest BCUT2D eigenvalue weighted by atomic mass is 16.5. The Morgan fingerprint density at radius 2 is 2.05 bits per heavy atom. The van der Waals surface area contributed by atoms with Gasteiger partial charge in [-0.05, 0) is 51.6 Å². The first-order valence-electron chi connectivity index (χ1n) is 6.93. The molecule has 1 fully saturated rings. The van der Waals surface area contributed by atoms with Gasteiger partial charge in [0.1, 0.15) is 5.75 Å². The SMILES string of the molecule is COc1cc2c(ccn2C2CCC2N(C)C)cc1C. The average molecular weight is 258 g/mol. The van der Waals surface area contributed by atoms with Crippen LogP contribution >= 0.6 is 0 Å². The van der Waals surface area contributed by atoms with Crippen LogP contribution in [0.1, 0.15) is 24.4 Å². The van der Waals surface area contributed by atoms with Crippen molar-refractivity contribution in [3.8, 4) is 5.75 Å². The number of methoxy groups -OCH3 is 1. The van der Waals surface area contributed by atoms with Gasteiger partial charge in [-0.3, -0.25) is 0 Å². The number of ether oxygens (including phenoxy) is 1. The van der Waals surface area contributed by atoms with Crippen LogP contribution < -0.4 is 4.74 Å². The molecule has 3 rings (SSSR count). The number of hydrogen-bond donors (Lipinski definition) is 0. The zero-order valence-corrected chi connectivity index (χ0v) is 12.2. The second kappa shape index (κ2) is 4.57. The molecule has 0 radical (unpaired) electrons. The molecule has 0 aliphatic heterocycles. The number of rotatable bonds is 3. The van der Waals surface area contributed by atoms with Crippen LogP contribution in [0.3, 0.4) is 0 Å². The Balaban J connectivity index is 2.05. The minimum Gasteiger partial charge on any atom is -0.496 e. The lowest BCUT2D eigenvalue weighted by Crippen LogP contribution is -2.43. The molecule has 1 aliphatic rings. The minimum atomic E-state index is 0.597. The van der Waals surface area contributed by atoms with Gasteiger partial charge in [-0.2, -0.15) is 0 Å². The Kier molecular flexibility index (Phi) is 3.02. The zero-order chi connectivity index (χ0) is 13.6. The van der Waals surface area contributed by atoms with Crippen LogP contribution in [0.15, 0.2) is 24.4 Å². The summed E-state index contributed by atoms with van der Waals surface area (Å²) in [6, 6.07) is 7.86. The van der Waals surface area contributed by atoms with E-state index in [1.807, 2.05) is 0 Å². The predicted octanol–water partition coefficient (Wildman–Crippen LogP) is 3.22. The van der Waals surface area contributed by atoms with Crippen LogP contribution in [0.2, 0.25) is 0 Å². The number of benzene rings is 1. The summed E-state index contributed by atoms with van der Waals surface area (Å²) in [6.45, 7) is 2.10. The van der Waals surface area contributed by atoms with Gasteiger partial charge in [-0.15, -0.1) is 0 Å². The number of nitrogens with zero attached hydrogens (tertiary/aromatic N) is 2. The number of fused-ring (bicyclic) bond motifs is 1. The highest BCUT2D eigenvalue weighted by Crippen LogP contribution is 2.38. The van der Waals surface area contributed by atoms with Crippen molar-refractivity contribution in [1.29, 1.82) is 0 Å². The number of aromatic nitrogens is 1. The summed E-state index contributed by atoms with van der Waals surface area (Å²) in [6.07, 6.45) is 4.78. The van der Waals surface area contributed by atoms with Crippen molar-refractivity contribution in [2.45, 2.75) is 31.8 Å². The minimum absolute atomic E-state index is 0.597. The third-order valence-electron chi connectivity index (χ3n) is 4.46. The van der Waals surface area contributed by atoms with Crippen molar-refractivity contribution >= 4 is 10.9 Å². The molecule has 0 saturated heterocycles. The van der Waals surface area contributed by atoms with E-state index in [1.165, 1.54) is 29.3 Å². The van der Waals surface area contributed by atoms with E-state index in [-0.39, 0.29) is 0 Å². The fraction of sp³-hybridized carbons (Fsp3) is 0.500. The quantitative estimate of drug-likeness (QED) is 0.841. The van der Waals surface area contributed by atoms with Gasteiger partial charge in [0, 0.05) is 29.7 Å². The molecule has 3 heteroatoms. The largest absolute Gasteiger partial charge is 0.496 e. The maximum atomic E-state index is 5.46. The van der Waals surface area contributed by atoms with E-state index in [2.05, 4.69) is 54.9 Å². The summed E-state index contributed by atoms with van der Waals surface area (Å²) in [7, 11) is 6.09. The molecule has 0 amide bonds. The van der Waals surface area contributed by atoms with Gasteiger partial charge >= 0.3 is 0 Å². The van der Waals surface area contributed by atoms with Gasteiger partial charge < -0.3 is 14.2 Å². The zero-order valence-electron chi connectivity index (χ0n) is 12.2. The smallest absolute Gasteiger partial charge is 0.123 e. The molecule has 3 nitrogen and oxygen atoms in total. The summed E-state index contributed by atoms with van der Waals surface area (Å²) in [5.41, 5.74) is 2.49. The van der Waals surface area contributed by atoms with E-state index in [9.17, 15) is 0 Å². The van der Waals surface area contributed by atoms with Crippen LogP contribution in [-0.2, 0) is 0 Å². The highest BCUT2D eigenvalue weighted by Gasteiger charge is 2.34. The van der Waals surface area contributed by atoms with Crippen LogP contribution in [0.4, 0.5) is 0 Å². The molecular weight excluding hydrogens is 236 g/mol. The molecule has 1 heterocycles. The van der Waals surface area contributed by atoms with Gasteiger partial charge in [0.25, 0.3) is 0 Å². The number of aryl methyl sites for hydroxylation is 1. The fourth-order valence-corrected chi connectivity index (χ4v) is 3.20. The van der Waals surface area contributed by atoms with E-state index >= 15 is 0 Å². The van der Waals surface area contributed by atoms with Crippen LogP contribution in [0, 0.1) is 6.92 Å².